The van der Waals surface area contributed by atoms with E-state index in [1.165, 1.54) is 5.56 Å². The summed E-state index contributed by atoms with van der Waals surface area (Å²) in [6, 6.07) is 8.00. The predicted octanol–water partition coefficient (Wildman–Crippen LogP) is 2.58. The quantitative estimate of drug-likeness (QED) is 0.564. The number of rotatable bonds is 1. The van der Waals surface area contributed by atoms with Gasteiger partial charge in [0.2, 0.25) is 0 Å². The average Bonchev–Trinajstić information content (AvgIpc) is 3.05. The minimum absolute atomic E-state index is 0.845. The van der Waals surface area contributed by atoms with E-state index in [1.54, 1.807) is 10.7 Å². The molecule has 5 nitrogen and oxygen atoms in total. The van der Waals surface area contributed by atoms with E-state index in [4.69, 9.17) is 0 Å². The molecule has 0 aliphatic carbocycles. The molecule has 0 atom stereocenters. The fourth-order valence-corrected chi connectivity index (χ4v) is 2.42. The molecule has 1 aromatic carbocycles. The van der Waals surface area contributed by atoms with Crippen molar-refractivity contribution in [2.24, 2.45) is 0 Å². The van der Waals surface area contributed by atoms with E-state index in [0.717, 1.165) is 27.8 Å². The van der Waals surface area contributed by atoms with Crippen LogP contribution in [0, 0.1) is 6.92 Å². The first-order chi connectivity index (χ1) is 9.33. The molecule has 19 heavy (non-hydrogen) atoms. The normalized spacial score (nSPS) is 11.4. The molecule has 3 aromatic heterocycles. The molecular formula is C14H11N5. The van der Waals surface area contributed by atoms with Crippen LogP contribution in [0.2, 0.25) is 0 Å². The SMILES string of the molecule is Cc1ccc2[nH]ncc2c1-c1ccn2nccc2n1. The summed E-state index contributed by atoms with van der Waals surface area (Å²) in [5, 5.41) is 12.4. The first-order valence-electron chi connectivity index (χ1n) is 6.06. The Kier molecular flexibility index (Phi) is 1.97. The third-order valence-electron chi connectivity index (χ3n) is 3.35. The van der Waals surface area contributed by atoms with Gasteiger partial charge in [-0.05, 0) is 24.6 Å². The Hall–Kier alpha value is -2.69. The van der Waals surface area contributed by atoms with Crippen molar-refractivity contribution in [1.82, 2.24) is 24.8 Å². The van der Waals surface area contributed by atoms with E-state index in [1.807, 2.05) is 30.6 Å². The van der Waals surface area contributed by atoms with Crippen LogP contribution in [-0.2, 0) is 0 Å². The molecule has 0 unspecified atom stereocenters. The molecule has 4 rings (SSSR count). The van der Waals surface area contributed by atoms with Gasteiger partial charge >= 0.3 is 0 Å². The molecule has 0 spiro atoms. The molecule has 0 radical (unpaired) electrons. The van der Waals surface area contributed by atoms with Gasteiger partial charge in [-0.15, -0.1) is 0 Å². The first-order valence-corrected chi connectivity index (χ1v) is 6.06. The Morgan fingerprint density at radius 2 is 2.11 bits per heavy atom. The summed E-state index contributed by atoms with van der Waals surface area (Å²) in [5.41, 5.74) is 5.12. The number of hydrogen-bond donors (Lipinski definition) is 1. The van der Waals surface area contributed by atoms with Gasteiger partial charge in [-0.2, -0.15) is 10.2 Å². The second kappa shape index (κ2) is 3.65. The minimum atomic E-state index is 0.845. The number of aromatic nitrogens is 5. The zero-order valence-corrected chi connectivity index (χ0v) is 10.3. The lowest BCUT2D eigenvalue weighted by Crippen LogP contribution is -1.93. The topological polar surface area (TPSA) is 58.9 Å². The molecule has 0 amide bonds. The monoisotopic (exact) mass is 249 g/mol. The van der Waals surface area contributed by atoms with Gasteiger partial charge in [0.05, 0.1) is 23.6 Å². The van der Waals surface area contributed by atoms with Crippen LogP contribution >= 0.6 is 0 Å². The largest absolute Gasteiger partial charge is 0.278 e. The van der Waals surface area contributed by atoms with Crippen LogP contribution in [0.3, 0.4) is 0 Å². The van der Waals surface area contributed by atoms with Crippen LogP contribution < -0.4 is 0 Å². The van der Waals surface area contributed by atoms with Crippen LogP contribution in [0.1, 0.15) is 5.56 Å². The van der Waals surface area contributed by atoms with Crippen molar-refractivity contribution in [2.75, 3.05) is 0 Å². The maximum absolute atomic E-state index is 4.65. The Balaban J connectivity index is 2.07. The smallest absolute Gasteiger partial charge is 0.155 e. The first kappa shape index (κ1) is 10.3. The van der Waals surface area contributed by atoms with Gasteiger partial charge in [0.25, 0.3) is 0 Å². The molecule has 5 heteroatoms. The van der Waals surface area contributed by atoms with E-state index in [9.17, 15) is 0 Å². The number of fused-ring (bicyclic) bond motifs is 2. The van der Waals surface area contributed by atoms with Crippen molar-refractivity contribution in [3.8, 4) is 11.3 Å². The molecule has 0 bridgehead atoms. The molecule has 4 aromatic rings. The van der Waals surface area contributed by atoms with Gasteiger partial charge in [-0.25, -0.2) is 9.50 Å². The standard InChI is InChI=1S/C14H11N5/c1-9-2-3-11-10(8-15-18-11)14(9)12-5-7-19-13(17-12)4-6-16-19/h2-8H,1H3,(H,15,18). The molecule has 0 saturated carbocycles. The van der Waals surface area contributed by atoms with Crippen molar-refractivity contribution in [2.45, 2.75) is 6.92 Å². The summed E-state index contributed by atoms with van der Waals surface area (Å²) < 4.78 is 1.76. The highest BCUT2D eigenvalue weighted by Crippen LogP contribution is 2.29. The Bertz CT molecular complexity index is 887. The zero-order valence-electron chi connectivity index (χ0n) is 10.3. The number of aromatic amines is 1. The summed E-state index contributed by atoms with van der Waals surface area (Å²) in [4.78, 5) is 4.65. The third kappa shape index (κ3) is 1.45. The number of nitrogens with zero attached hydrogens (tertiary/aromatic N) is 4. The lowest BCUT2D eigenvalue weighted by atomic mass is 10.0. The molecule has 1 N–H and O–H groups in total. The maximum atomic E-state index is 4.65. The van der Waals surface area contributed by atoms with Gasteiger partial charge < -0.3 is 0 Å². The highest BCUT2D eigenvalue weighted by molar-refractivity contribution is 5.95. The number of aryl methyl sites for hydroxylation is 1. The lowest BCUT2D eigenvalue weighted by molar-refractivity contribution is 0.941. The fraction of sp³-hybridized carbons (Fsp3) is 0.0714. The van der Waals surface area contributed by atoms with Crippen molar-refractivity contribution < 1.29 is 0 Å². The third-order valence-corrected chi connectivity index (χ3v) is 3.35. The van der Waals surface area contributed by atoms with Gasteiger partial charge in [0, 0.05) is 23.2 Å². The molecule has 92 valence electrons. The molecule has 0 fully saturated rings. The Labute approximate surface area is 108 Å². The zero-order chi connectivity index (χ0) is 12.8. The van der Waals surface area contributed by atoms with E-state index in [-0.39, 0.29) is 0 Å². The maximum Gasteiger partial charge on any atom is 0.155 e. The van der Waals surface area contributed by atoms with Gasteiger partial charge in [0.1, 0.15) is 0 Å². The van der Waals surface area contributed by atoms with Crippen molar-refractivity contribution >= 4 is 16.6 Å². The van der Waals surface area contributed by atoms with E-state index >= 15 is 0 Å². The van der Waals surface area contributed by atoms with E-state index < -0.39 is 0 Å². The van der Waals surface area contributed by atoms with Crippen LogP contribution in [0.4, 0.5) is 0 Å². The molecular weight excluding hydrogens is 238 g/mol. The van der Waals surface area contributed by atoms with E-state index in [0.29, 0.717) is 0 Å². The van der Waals surface area contributed by atoms with Gasteiger partial charge in [-0.3, -0.25) is 5.10 Å². The van der Waals surface area contributed by atoms with Crippen LogP contribution in [-0.4, -0.2) is 24.8 Å². The number of benzene rings is 1. The highest BCUT2D eigenvalue weighted by atomic mass is 15.2. The van der Waals surface area contributed by atoms with Crippen LogP contribution in [0.5, 0.6) is 0 Å². The van der Waals surface area contributed by atoms with Crippen molar-refractivity contribution in [3.63, 3.8) is 0 Å². The summed E-state index contributed by atoms with van der Waals surface area (Å²) in [5.74, 6) is 0. The molecule has 0 aliphatic rings. The molecule has 0 aliphatic heterocycles. The van der Waals surface area contributed by atoms with Crippen molar-refractivity contribution in [3.05, 3.63) is 48.4 Å². The number of nitrogens with one attached hydrogen (secondary N) is 1. The lowest BCUT2D eigenvalue weighted by Gasteiger charge is -2.07. The Morgan fingerprint density at radius 3 is 3.05 bits per heavy atom. The second-order valence-electron chi connectivity index (χ2n) is 4.54. The summed E-state index contributed by atoms with van der Waals surface area (Å²) >= 11 is 0. The van der Waals surface area contributed by atoms with Gasteiger partial charge in [0.15, 0.2) is 5.65 Å². The Morgan fingerprint density at radius 1 is 1.16 bits per heavy atom. The minimum Gasteiger partial charge on any atom is -0.278 e. The molecule has 0 saturated heterocycles. The van der Waals surface area contributed by atoms with Crippen LogP contribution in [0.25, 0.3) is 27.8 Å². The summed E-state index contributed by atoms with van der Waals surface area (Å²) in [6.07, 6.45) is 5.52. The summed E-state index contributed by atoms with van der Waals surface area (Å²) in [6.45, 7) is 2.09. The molecule has 3 heterocycles. The number of H-pyrrole nitrogens is 1. The van der Waals surface area contributed by atoms with Crippen LogP contribution in [0.15, 0.2) is 42.9 Å². The predicted molar refractivity (Wildman–Crippen MR) is 72.8 cm³/mol. The second-order valence-corrected chi connectivity index (χ2v) is 4.54. The van der Waals surface area contributed by atoms with Gasteiger partial charge in [-0.1, -0.05) is 6.07 Å². The highest BCUT2D eigenvalue weighted by Gasteiger charge is 2.10. The number of hydrogen-bond acceptors (Lipinski definition) is 3. The van der Waals surface area contributed by atoms with Crippen molar-refractivity contribution in [1.29, 1.82) is 0 Å². The average molecular weight is 249 g/mol. The fourth-order valence-electron chi connectivity index (χ4n) is 2.42. The summed E-state index contributed by atoms with van der Waals surface area (Å²) in [7, 11) is 0. The van der Waals surface area contributed by atoms with E-state index in [2.05, 4.69) is 33.3 Å².